The van der Waals surface area contributed by atoms with Gasteiger partial charge in [0, 0.05) is 34.5 Å². The van der Waals surface area contributed by atoms with Crippen molar-refractivity contribution in [3.8, 4) is 11.6 Å². The number of rotatable bonds is 16. The largest absolute Gasteiger partial charge is 0.514 e. The number of benzene rings is 4. The number of nitrogens with zero attached hydrogens (tertiary/aromatic N) is 4. The average Bonchev–Trinajstić information content (AvgIpc) is 3.88. The summed E-state index contributed by atoms with van der Waals surface area (Å²) in [5.74, 6) is -1.91. The van der Waals surface area contributed by atoms with Crippen LogP contribution in [-0.4, -0.2) is 74.1 Å². The van der Waals surface area contributed by atoms with Gasteiger partial charge in [-0.05, 0) is 99.5 Å². The predicted octanol–water partition coefficient (Wildman–Crippen LogP) is 8.62. The van der Waals surface area contributed by atoms with Crippen molar-refractivity contribution < 1.29 is 52.0 Å². The highest BCUT2D eigenvalue weighted by Gasteiger charge is 2.26. The van der Waals surface area contributed by atoms with Gasteiger partial charge in [0.2, 0.25) is 11.8 Å². The molecule has 0 radical (unpaired) electrons. The monoisotopic (exact) mass is 977 g/mol. The Labute approximate surface area is 391 Å². The van der Waals surface area contributed by atoms with Gasteiger partial charge < -0.3 is 44.0 Å². The summed E-state index contributed by atoms with van der Waals surface area (Å²) in [4.78, 5) is 69.5. The summed E-state index contributed by atoms with van der Waals surface area (Å²) in [5, 5.41) is 13.3. The number of carbonyl (C=O) groups is 5. The number of aromatic nitrogens is 4. The van der Waals surface area contributed by atoms with Gasteiger partial charge in [0.25, 0.3) is 5.91 Å². The van der Waals surface area contributed by atoms with E-state index < -0.39 is 54.1 Å². The van der Waals surface area contributed by atoms with Gasteiger partial charge in [-0.25, -0.2) is 23.8 Å². The summed E-state index contributed by atoms with van der Waals surface area (Å²) < 4.78 is 44.9. The molecular formula is C48H45BrFN7O10. The van der Waals surface area contributed by atoms with Gasteiger partial charge in [0.05, 0.1) is 29.7 Å². The van der Waals surface area contributed by atoms with E-state index in [0.29, 0.717) is 33.5 Å². The molecule has 0 fully saturated rings. The molecule has 0 aliphatic carbocycles. The number of anilines is 2. The van der Waals surface area contributed by atoms with E-state index in [-0.39, 0.29) is 43.5 Å². The number of pyridine rings is 1. The van der Waals surface area contributed by atoms with Gasteiger partial charge in [-0.2, -0.15) is 0 Å². The second-order valence-electron chi connectivity index (χ2n) is 15.9. The molecule has 0 spiro atoms. The number of carbonyl (C=O) groups excluding carboxylic acids is 5. The third-order valence-corrected chi connectivity index (χ3v) is 10.5. The van der Waals surface area contributed by atoms with E-state index in [2.05, 4.69) is 42.0 Å². The summed E-state index contributed by atoms with van der Waals surface area (Å²) in [6.07, 6.45) is 1.45. The summed E-state index contributed by atoms with van der Waals surface area (Å²) in [7, 11) is 0. The maximum Gasteiger partial charge on any atom is 0.514 e. The van der Waals surface area contributed by atoms with Crippen molar-refractivity contribution in [2.75, 3.05) is 23.8 Å². The fourth-order valence-corrected chi connectivity index (χ4v) is 7.05. The maximum absolute atomic E-state index is 14.1. The number of hydrogen-bond acceptors (Lipinski definition) is 12. The number of esters is 1. The molecule has 3 N–H and O–H groups in total. The minimum absolute atomic E-state index is 0.00440. The third kappa shape index (κ3) is 12.7. The van der Waals surface area contributed by atoms with Crippen molar-refractivity contribution >= 4 is 73.9 Å². The van der Waals surface area contributed by atoms with Crippen LogP contribution in [0.1, 0.15) is 54.9 Å². The lowest BCUT2D eigenvalue weighted by atomic mass is 10.0. The summed E-state index contributed by atoms with van der Waals surface area (Å²) in [6.45, 7) is 6.66. The van der Waals surface area contributed by atoms with Crippen LogP contribution >= 0.6 is 15.9 Å². The van der Waals surface area contributed by atoms with Crippen molar-refractivity contribution in [1.29, 1.82) is 0 Å². The van der Waals surface area contributed by atoms with Crippen LogP contribution in [0.3, 0.4) is 0 Å². The zero-order valence-electron chi connectivity index (χ0n) is 36.7. The van der Waals surface area contributed by atoms with Crippen LogP contribution < -0.4 is 25.4 Å². The molecule has 7 rings (SSSR count). The SMILES string of the molecule is CCOC(=O)c1cn2cccc(NC(=O)COc3nn(Cc4ccc(F)cc4)c4ccc(NC(=O)C(Cc5ccc(OC(=O)OCc6ccccc6Br)cc5)NC(=O)OC(C)(C)C)cc34)c2n1. The van der Waals surface area contributed by atoms with E-state index in [1.165, 1.54) is 30.5 Å². The van der Waals surface area contributed by atoms with E-state index in [1.807, 2.05) is 24.3 Å². The molecule has 4 aromatic carbocycles. The van der Waals surface area contributed by atoms with Gasteiger partial charge in [-0.1, -0.05) is 58.4 Å². The number of hydrogen-bond donors (Lipinski definition) is 3. The van der Waals surface area contributed by atoms with E-state index in [9.17, 15) is 28.4 Å². The fourth-order valence-electron chi connectivity index (χ4n) is 6.65. The van der Waals surface area contributed by atoms with Crippen LogP contribution in [0.4, 0.5) is 25.4 Å². The zero-order valence-corrected chi connectivity index (χ0v) is 38.3. The van der Waals surface area contributed by atoms with Crippen molar-refractivity contribution in [3.63, 3.8) is 0 Å². The number of alkyl carbamates (subject to hydrolysis) is 1. The van der Waals surface area contributed by atoms with Crippen molar-refractivity contribution in [3.05, 3.63) is 148 Å². The highest BCUT2D eigenvalue weighted by molar-refractivity contribution is 9.10. The lowest BCUT2D eigenvalue weighted by molar-refractivity contribution is -0.118. The minimum Gasteiger partial charge on any atom is -0.466 e. The average molecular weight is 979 g/mol. The van der Waals surface area contributed by atoms with Crippen LogP contribution in [0, 0.1) is 5.82 Å². The van der Waals surface area contributed by atoms with E-state index >= 15 is 0 Å². The Morgan fingerprint density at radius 3 is 2.34 bits per heavy atom. The topological polar surface area (TPSA) is 203 Å². The number of amides is 3. The molecule has 0 saturated carbocycles. The Morgan fingerprint density at radius 2 is 1.61 bits per heavy atom. The second-order valence-corrected chi connectivity index (χ2v) is 16.8. The summed E-state index contributed by atoms with van der Waals surface area (Å²) in [6, 6.07) is 26.7. The predicted molar refractivity (Wildman–Crippen MR) is 247 cm³/mol. The van der Waals surface area contributed by atoms with Gasteiger partial charge in [0.15, 0.2) is 17.9 Å². The van der Waals surface area contributed by atoms with Crippen molar-refractivity contribution in [2.45, 2.75) is 58.9 Å². The number of imidazole rings is 1. The summed E-state index contributed by atoms with van der Waals surface area (Å²) in [5.41, 5.74) is 2.81. The highest BCUT2D eigenvalue weighted by atomic mass is 79.9. The molecule has 3 amide bonds. The van der Waals surface area contributed by atoms with E-state index in [1.54, 1.807) is 97.6 Å². The lowest BCUT2D eigenvalue weighted by Crippen LogP contribution is -2.47. The van der Waals surface area contributed by atoms with Crippen LogP contribution in [0.15, 0.2) is 120 Å². The number of halogens is 2. The normalized spacial score (nSPS) is 11.7. The number of ether oxygens (including phenoxy) is 5. The molecule has 0 aliphatic heterocycles. The first-order valence-electron chi connectivity index (χ1n) is 20.9. The first-order valence-corrected chi connectivity index (χ1v) is 21.7. The Morgan fingerprint density at radius 1 is 0.866 bits per heavy atom. The minimum atomic E-state index is -1.15. The zero-order chi connectivity index (χ0) is 47.7. The molecule has 17 nitrogen and oxygen atoms in total. The number of nitrogens with one attached hydrogen (secondary N) is 3. The first kappa shape index (κ1) is 47.2. The standard InChI is InChI=1S/C48H45BrFN7O10/c1-5-63-45(60)39-26-56-22-8-11-37(42(56)53-39)52-41(58)28-64-44-35-24-33(18-21-40(35)57(55-44)25-30-12-16-32(50)17-13-30)51-43(59)38(54-46(61)67-48(2,3)4)23-29-14-19-34(20-15-29)66-47(62)65-27-31-9-6-7-10-36(31)49/h6-22,24,26,38H,5,23,25,27-28H2,1-4H3,(H,51,59)(H,52,58)(H,54,61). The molecule has 1 atom stereocenters. The Balaban J connectivity index is 1.08. The van der Waals surface area contributed by atoms with Crippen LogP contribution in [0.5, 0.6) is 11.6 Å². The second kappa shape index (κ2) is 21.0. The third-order valence-electron chi connectivity index (χ3n) is 9.69. The van der Waals surface area contributed by atoms with Crippen molar-refractivity contribution in [1.82, 2.24) is 24.5 Å². The lowest BCUT2D eigenvalue weighted by Gasteiger charge is -2.23. The molecule has 0 bridgehead atoms. The van der Waals surface area contributed by atoms with E-state index in [4.69, 9.17) is 23.7 Å². The highest BCUT2D eigenvalue weighted by Crippen LogP contribution is 2.30. The molecule has 19 heteroatoms. The van der Waals surface area contributed by atoms with Gasteiger partial charge in [-0.15, -0.1) is 5.10 Å². The van der Waals surface area contributed by atoms with Crippen LogP contribution in [0.25, 0.3) is 16.6 Å². The molecule has 3 aromatic heterocycles. The first-order chi connectivity index (χ1) is 32.1. The van der Waals surface area contributed by atoms with Gasteiger partial charge in [-0.3, -0.25) is 14.3 Å². The molecule has 346 valence electrons. The smallest absolute Gasteiger partial charge is 0.466 e. The molecular weight excluding hydrogens is 933 g/mol. The Kier molecular flexibility index (Phi) is 14.8. The quantitative estimate of drug-likeness (QED) is 0.0473. The number of fused-ring (bicyclic) bond motifs is 2. The molecule has 0 saturated heterocycles. The van der Waals surface area contributed by atoms with Crippen LogP contribution in [0.2, 0.25) is 0 Å². The van der Waals surface area contributed by atoms with Crippen LogP contribution in [-0.2, 0) is 43.4 Å². The summed E-state index contributed by atoms with van der Waals surface area (Å²) >= 11 is 3.42. The molecule has 67 heavy (non-hydrogen) atoms. The molecule has 3 heterocycles. The molecule has 7 aromatic rings. The molecule has 1 unspecified atom stereocenters. The van der Waals surface area contributed by atoms with Gasteiger partial charge >= 0.3 is 18.2 Å². The Hall–Kier alpha value is -7.80. The van der Waals surface area contributed by atoms with Crippen molar-refractivity contribution in [2.24, 2.45) is 0 Å². The molecule has 0 aliphatic rings. The van der Waals surface area contributed by atoms with Gasteiger partial charge in [0.1, 0.15) is 29.8 Å². The van der Waals surface area contributed by atoms with E-state index in [0.717, 1.165) is 15.6 Å². The fraction of sp³-hybridized carbons (Fsp3) is 0.229. The maximum atomic E-state index is 14.1. The Bertz CT molecular complexity index is 2930.